The van der Waals surface area contributed by atoms with Crippen LogP contribution in [0.1, 0.15) is 22.3 Å². The molecule has 2 nitrogen and oxygen atoms in total. The van der Waals surface area contributed by atoms with Gasteiger partial charge in [0.2, 0.25) is 0 Å². The van der Waals surface area contributed by atoms with Crippen molar-refractivity contribution in [1.29, 1.82) is 0 Å². The quantitative estimate of drug-likeness (QED) is 0.151. The summed E-state index contributed by atoms with van der Waals surface area (Å²) in [6.07, 6.45) is 0. The highest BCUT2D eigenvalue weighted by molar-refractivity contribution is 6.10. The molecule has 0 saturated carbocycles. The Kier molecular flexibility index (Phi) is 9.11. The second kappa shape index (κ2) is 15.8. The van der Waals surface area contributed by atoms with Gasteiger partial charge in [-0.1, -0.05) is 212 Å². The molecule has 12 aromatic rings. The molecule has 0 amide bonds. The van der Waals surface area contributed by atoms with Gasteiger partial charge < -0.3 is 9.32 Å². The number of anilines is 3. The van der Waals surface area contributed by atoms with Crippen molar-refractivity contribution in [3.8, 4) is 44.5 Å². The zero-order valence-corrected chi connectivity index (χ0v) is 36.7. The first-order chi connectivity index (χ1) is 33.2. The maximum atomic E-state index is 6.51. The van der Waals surface area contributed by atoms with Crippen molar-refractivity contribution >= 4 is 49.8 Å². The Balaban J connectivity index is 1.06. The van der Waals surface area contributed by atoms with Crippen LogP contribution in [-0.4, -0.2) is 0 Å². The van der Waals surface area contributed by atoms with E-state index in [2.05, 4.69) is 254 Å². The summed E-state index contributed by atoms with van der Waals surface area (Å²) in [5.74, 6) is 0. The Morgan fingerprint density at radius 1 is 0.328 bits per heavy atom. The number of rotatable bonds is 8. The third kappa shape index (κ3) is 6.18. The first kappa shape index (κ1) is 38.7. The molecule has 0 aliphatic heterocycles. The zero-order valence-electron chi connectivity index (χ0n) is 36.7. The summed E-state index contributed by atoms with van der Waals surface area (Å²) >= 11 is 0. The molecule has 11 aromatic carbocycles. The zero-order chi connectivity index (χ0) is 44.3. The highest BCUT2D eigenvalue weighted by atomic mass is 16.3. The molecule has 0 radical (unpaired) electrons. The minimum Gasteiger partial charge on any atom is -0.455 e. The van der Waals surface area contributed by atoms with Crippen molar-refractivity contribution in [3.63, 3.8) is 0 Å². The summed E-state index contributed by atoms with van der Waals surface area (Å²) in [5, 5.41) is 4.74. The average Bonchev–Trinajstić information content (AvgIpc) is 3.95. The van der Waals surface area contributed by atoms with Crippen LogP contribution in [0.3, 0.4) is 0 Å². The van der Waals surface area contributed by atoms with Crippen LogP contribution < -0.4 is 4.90 Å². The Hall–Kier alpha value is -8.72. The second-order valence-corrected chi connectivity index (χ2v) is 17.5. The van der Waals surface area contributed by atoms with E-state index in [1.54, 1.807) is 0 Å². The van der Waals surface area contributed by atoms with E-state index < -0.39 is 5.41 Å². The maximum Gasteiger partial charge on any atom is 0.143 e. The molecule has 0 bridgehead atoms. The molecule has 1 aliphatic rings. The van der Waals surface area contributed by atoms with Crippen molar-refractivity contribution in [3.05, 3.63) is 283 Å². The van der Waals surface area contributed by atoms with E-state index in [4.69, 9.17) is 4.42 Å². The summed E-state index contributed by atoms with van der Waals surface area (Å²) in [6, 6.07) is 95.1. The van der Waals surface area contributed by atoms with Crippen molar-refractivity contribution in [1.82, 2.24) is 0 Å². The highest BCUT2D eigenvalue weighted by Crippen LogP contribution is 2.61. The molecule has 314 valence electrons. The normalized spacial score (nSPS) is 12.6. The summed E-state index contributed by atoms with van der Waals surface area (Å²) in [4.78, 5) is 2.41. The monoisotopic (exact) mass is 853 g/mol. The van der Waals surface area contributed by atoms with Gasteiger partial charge >= 0.3 is 0 Å². The maximum absolute atomic E-state index is 6.51. The molecular weight excluding hydrogens is 811 g/mol. The molecule has 1 aromatic heterocycles. The van der Waals surface area contributed by atoms with E-state index in [9.17, 15) is 0 Å². The van der Waals surface area contributed by atoms with Crippen molar-refractivity contribution in [2.24, 2.45) is 0 Å². The Morgan fingerprint density at radius 3 is 1.51 bits per heavy atom. The Bertz CT molecular complexity index is 3720. The van der Waals surface area contributed by atoms with Crippen LogP contribution in [0.25, 0.3) is 77.2 Å². The van der Waals surface area contributed by atoms with Crippen LogP contribution in [0.2, 0.25) is 0 Å². The van der Waals surface area contributed by atoms with Crippen LogP contribution in [0, 0.1) is 0 Å². The summed E-state index contributed by atoms with van der Waals surface area (Å²) in [6.45, 7) is 0. The molecule has 0 spiro atoms. The van der Waals surface area contributed by atoms with E-state index in [1.165, 1.54) is 66.4 Å². The van der Waals surface area contributed by atoms with Crippen LogP contribution in [0.15, 0.2) is 265 Å². The van der Waals surface area contributed by atoms with E-state index in [1.807, 2.05) is 12.1 Å². The predicted molar refractivity (Wildman–Crippen MR) is 280 cm³/mol. The molecule has 0 fully saturated rings. The third-order valence-electron chi connectivity index (χ3n) is 13.9. The summed E-state index contributed by atoms with van der Waals surface area (Å²) < 4.78 is 6.51. The van der Waals surface area contributed by atoms with Gasteiger partial charge in [-0.25, -0.2) is 0 Å². The molecule has 0 N–H and O–H groups in total. The minimum atomic E-state index is -0.600. The van der Waals surface area contributed by atoms with E-state index >= 15 is 0 Å². The van der Waals surface area contributed by atoms with Crippen LogP contribution >= 0.6 is 0 Å². The lowest BCUT2D eigenvalue weighted by atomic mass is 9.66. The van der Waals surface area contributed by atoms with Gasteiger partial charge in [0.1, 0.15) is 11.2 Å². The fourth-order valence-corrected chi connectivity index (χ4v) is 11.0. The largest absolute Gasteiger partial charge is 0.455 e. The van der Waals surface area contributed by atoms with Crippen molar-refractivity contribution in [2.45, 2.75) is 5.41 Å². The lowest BCUT2D eigenvalue weighted by Gasteiger charge is -2.35. The summed E-state index contributed by atoms with van der Waals surface area (Å²) in [5.41, 5.74) is 19.0. The van der Waals surface area contributed by atoms with E-state index in [0.717, 1.165) is 50.1 Å². The van der Waals surface area contributed by atoms with Crippen molar-refractivity contribution < 1.29 is 4.42 Å². The van der Waals surface area contributed by atoms with E-state index in [-0.39, 0.29) is 0 Å². The predicted octanol–water partition coefficient (Wildman–Crippen LogP) is 17.6. The fraction of sp³-hybridized carbons (Fsp3) is 0.0154. The van der Waals surface area contributed by atoms with Gasteiger partial charge in [-0.15, -0.1) is 0 Å². The first-order valence-electron chi connectivity index (χ1n) is 23.1. The number of fused-ring (bicyclic) bond motifs is 8. The topological polar surface area (TPSA) is 16.4 Å². The van der Waals surface area contributed by atoms with Gasteiger partial charge in [0.15, 0.2) is 0 Å². The smallest absolute Gasteiger partial charge is 0.143 e. The lowest BCUT2D eigenvalue weighted by molar-refractivity contribution is 0.670. The Morgan fingerprint density at radius 2 is 0.836 bits per heavy atom. The molecule has 2 heteroatoms. The van der Waals surface area contributed by atoms with Crippen molar-refractivity contribution in [2.75, 3.05) is 4.90 Å². The molecule has 1 aliphatic carbocycles. The van der Waals surface area contributed by atoms with Crippen LogP contribution in [0.5, 0.6) is 0 Å². The number of furan rings is 1. The second-order valence-electron chi connectivity index (χ2n) is 17.5. The van der Waals surface area contributed by atoms with Gasteiger partial charge in [0.25, 0.3) is 0 Å². The first-order valence-corrected chi connectivity index (χ1v) is 23.1. The number of nitrogens with zero attached hydrogens (tertiary/aromatic N) is 1. The lowest BCUT2D eigenvalue weighted by Crippen LogP contribution is -2.29. The highest BCUT2D eigenvalue weighted by Gasteiger charge is 2.48. The fourth-order valence-electron chi connectivity index (χ4n) is 11.0. The molecular formula is C65H43NO. The molecule has 13 rings (SSSR count). The van der Waals surface area contributed by atoms with Gasteiger partial charge in [-0.05, 0) is 121 Å². The van der Waals surface area contributed by atoms with Gasteiger partial charge in [0, 0.05) is 33.4 Å². The number of benzene rings is 11. The van der Waals surface area contributed by atoms with Crippen LogP contribution in [0.4, 0.5) is 17.1 Å². The van der Waals surface area contributed by atoms with Crippen LogP contribution in [-0.2, 0) is 5.41 Å². The van der Waals surface area contributed by atoms with E-state index in [0.29, 0.717) is 0 Å². The molecule has 67 heavy (non-hydrogen) atoms. The third-order valence-corrected chi connectivity index (χ3v) is 13.9. The average molecular weight is 854 g/mol. The minimum absolute atomic E-state index is 0.600. The standard InChI is InChI=1S/C65H43NO/c1-5-18-44(19-6-1)45-32-36-51(37-33-45)66(52-38-34-47(35-39-52)55-29-17-30-57-56-28-15-16-31-61(56)67-64(55)57)53-40-41-60-59(43-53)62-58(46-20-7-2-8-21-46)42-48-22-13-14-27-54(48)63(62)65(60,49-23-9-3-10-24-49)50-25-11-4-12-26-50/h1-43H. The van der Waals surface area contributed by atoms with Gasteiger partial charge in [-0.2, -0.15) is 0 Å². The molecule has 1 heterocycles. The number of para-hydroxylation sites is 2. The Labute approximate surface area is 390 Å². The SMILES string of the molecule is c1ccc(-c2ccc(N(c3ccc(-c4cccc5c4oc4ccccc45)cc3)c3ccc4c(c3)-c3c(-c5ccccc5)cc5ccccc5c3C4(c3ccccc3)c3ccccc3)cc2)cc1. The number of hydrogen-bond acceptors (Lipinski definition) is 2. The van der Waals surface area contributed by atoms with Gasteiger partial charge in [-0.3, -0.25) is 0 Å². The number of hydrogen-bond donors (Lipinski definition) is 0. The molecule has 0 atom stereocenters. The molecule has 0 saturated heterocycles. The molecule has 0 unspecified atom stereocenters. The van der Waals surface area contributed by atoms with Gasteiger partial charge in [0.05, 0.1) is 5.41 Å². The summed E-state index contributed by atoms with van der Waals surface area (Å²) in [7, 11) is 0.